The minimum atomic E-state index is 0. The highest BCUT2D eigenvalue weighted by Crippen LogP contribution is 2.06. The molecule has 4 nitrogen and oxygen atoms in total. The molecule has 1 aromatic rings. The molecule has 0 aliphatic rings. The first kappa shape index (κ1) is 15.2. The van der Waals surface area contributed by atoms with Crippen LogP contribution in [0.25, 0.3) is 0 Å². The molecule has 0 aliphatic heterocycles. The summed E-state index contributed by atoms with van der Waals surface area (Å²) in [4.78, 5) is 6.08. The Kier molecular flexibility index (Phi) is 7.07. The molecule has 16 heavy (non-hydrogen) atoms. The molecular weight excluding hydrogens is 315 g/mol. The minimum Gasteiger partial charge on any atom is -0.370 e. The van der Waals surface area contributed by atoms with E-state index in [0.717, 1.165) is 12.1 Å². The van der Waals surface area contributed by atoms with E-state index in [0.29, 0.717) is 6.54 Å². The number of hydrogen-bond donors (Lipinski definition) is 2. The lowest BCUT2D eigenvalue weighted by molar-refractivity contribution is 0.402. The summed E-state index contributed by atoms with van der Waals surface area (Å²) in [5, 5.41) is 0. The summed E-state index contributed by atoms with van der Waals surface area (Å²) in [7, 11) is 4.10. The zero-order valence-corrected chi connectivity index (χ0v) is 12.0. The number of guanidine groups is 1. The molecule has 0 bridgehead atoms. The molecule has 0 unspecified atom stereocenters. The summed E-state index contributed by atoms with van der Waals surface area (Å²) in [6.07, 6.45) is 0. The van der Waals surface area contributed by atoms with Gasteiger partial charge in [-0.3, -0.25) is 0 Å². The standard InChI is InChI=1S/C11H18N4.HI/c1-15(2)8-10-5-3-9(4-6-10)7-14-11(12)13;/h3-6H,7-8H2,1-2H3,(H4,12,13,14);1H. The summed E-state index contributed by atoms with van der Waals surface area (Å²) in [5.41, 5.74) is 12.9. The van der Waals surface area contributed by atoms with E-state index in [1.807, 2.05) is 26.2 Å². The van der Waals surface area contributed by atoms with Gasteiger partial charge in [-0.1, -0.05) is 24.3 Å². The first-order valence-corrected chi connectivity index (χ1v) is 4.86. The Labute approximate surface area is 114 Å². The van der Waals surface area contributed by atoms with Crippen molar-refractivity contribution in [2.75, 3.05) is 14.1 Å². The van der Waals surface area contributed by atoms with E-state index in [4.69, 9.17) is 11.5 Å². The van der Waals surface area contributed by atoms with Gasteiger partial charge >= 0.3 is 0 Å². The molecule has 0 radical (unpaired) electrons. The lowest BCUT2D eigenvalue weighted by Gasteiger charge is -2.09. The molecule has 1 rings (SSSR count). The van der Waals surface area contributed by atoms with E-state index >= 15 is 0 Å². The Morgan fingerprint density at radius 1 is 1.12 bits per heavy atom. The van der Waals surface area contributed by atoms with Crippen LogP contribution in [0.2, 0.25) is 0 Å². The molecule has 0 spiro atoms. The molecule has 4 N–H and O–H groups in total. The second-order valence-corrected chi connectivity index (χ2v) is 3.80. The van der Waals surface area contributed by atoms with Crippen molar-refractivity contribution in [3.63, 3.8) is 0 Å². The summed E-state index contributed by atoms with van der Waals surface area (Å²) < 4.78 is 0. The quantitative estimate of drug-likeness (QED) is 0.493. The second kappa shape index (κ2) is 7.45. The van der Waals surface area contributed by atoms with Gasteiger partial charge in [-0.2, -0.15) is 0 Å². The van der Waals surface area contributed by atoms with Crippen molar-refractivity contribution in [2.45, 2.75) is 13.1 Å². The minimum absolute atomic E-state index is 0. The maximum Gasteiger partial charge on any atom is 0.186 e. The predicted octanol–water partition coefficient (Wildman–Crippen LogP) is 1.14. The maximum absolute atomic E-state index is 5.26. The molecule has 0 atom stereocenters. The van der Waals surface area contributed by atoms with Gasteiger partial charge in [-0.25, -0.2) is 4.99 Å². The van der Waals surface area contributed by atoms with Gasteiger partial charge in [0.25, 0.3) is 0 Å². The number of nitrogens with zero attached hydrogens (tertiary/aromatic N) is 2. The number of hydrogen-bond acceptors (Lipinski definition) is 2. The smallest absolute Gasteiger partial charge is 0.186 e. The van der Waals surface area contributed by atoms with Crippen molar-refractivity contribution >= 4 is 29.9 Å². The Hall–Kier alpha value is -0.820. The van der Waals surface area contributed by atoms with E-state index < -0.39 is 0 Å². The normalized spacial score (nSPS) is 9.69. The van der Waals surface area contributed by atoms with E-state index in [-0.39, 0.29) is 29.9 Å². The molecule has 0 saturated heterocycles. The fourth-order valence-electron chi connectivity index (χ4n) is 1.30. The van der Waals surface area contributed by atoms with Gasteiger partial charge in [-0.05, 0) is 25.2 Å². The number of halogens is 1. The summed E-state index contributed by atoms with van der Waals surface area (Å²) in [6.45, 7) is 1.49. The van der Waals surface area contributed by atoms with Crippen molar-refractivity contribution in [1.82, 2.24) is 4.90 Å². The topological polar surface area (TPSA) is 67.6 Å². The molecular formula is C11H19IN4. The highest BCUT2D eigenvalue weighted by atomic mass is 127. The monoisotopic (exact) mass is 334 g/mol. The van der Waals surface area contributed by atoms with Gasteiger partial charge in [0, 0.05) is 6.54 Å². The third kappa shape index (κ3) is 5.92. The third-order valence-corrected chi connectivity index (χ3v) is 1.97. The highest BCUT2D eigenvalue weighted by Gasteiger charge is 1.95. The van der Waals surface area contributed by atoms with E-state index in [1.165, 1.54) is 5.56 Å². The Morgan fingerprint density at radius 2 is 1.62 bits per heavy atom. The van der Waals surface area contributed by atoms with E-state index in [1.54, 1.807) is 0 Å². The SMILES string of the molecule is CN(C)Cc1ccc(CN=C(N)N)cc1.I. The summed E-state index contributed by atoms with van der Waals surface area (Å²) in [5.74, 6) is 0.132. The molecule has 0 amide bonds. The third-order valence-electron chi connectivity index (χ3n) is 1.97. The molecule has 0 saturated carbocycles. The second-order valence-electron chi connectivity index (χ2n) is 3.80. The molecule has 0 aliphatic carbocycles. The lowest BCUT2D eigenvalue weighted by atomic mass is 10.1. The zero-order chi connectivity index (χ0) is 11.3. The number of rotatable bonds is 4. The van der Waals surface area contributed by atoms with Crippen LogP contribution in [-0.4, -0.2) is 25.0 Å². The fourth-order valence-corrected chi connectivity index (χ4v) is 1.30. The highest BCUT2D eigenvalue weighted by molar-refractivity contribution is 14.0. The fraction of sp³-hybridized carbons (Fsp3) is 0.364. The van der Waals surface area contributed by atoms with Gasteiger partial charge < -0.3 is 16.4 Å². The van der Waals surface area contributed by atoms with Crippen molar-refractivity contribution in [3.05, 3.63) is 35.4 Å². The molecule has 0 fully saturated rings. The van der Waals surface area contributed by atoms with E-state index in [2.05, 4.69) is 22.0 Å². The van der Waals surface area contributed by atoms with Gasteiger partial charge in [-0.15, -0.1) is 24.0 Å². The van der Waals surface area contributed by atoms with Crippen molar-refractivity contribution in [3.8, 4) is 0 Å². The summed E-state index contributed by atoms with van der Waals surface area (Å²) >= 11 is 0. The van der Waals surface area contributed by atoms with E-state index in [9.17, 15) is 0 Å². The number of benzene rings is 1. The molecule has 0 heterocycles. The van der Waals surface area contributed by atoms with Crippen LogP contribution in [0.5, 0.6) is 0 Å². The van der Waals surface area contributed by atoms with Crippen LogP contribution in [0.3, 0.4) is 0 Å². The van der Waals surface area contributed by atoms with Crippen LogP contribution in [0, 0.1) is 0 Å². The van der Waals surface area contributed by atoms with Gasteiger partial charge in [0.15, 0.2) is 5.96 Å². The Bertz CT molecular complexity index is 328. The molecule has 90 valence electrons. The number of nitrogens with two attached hydrogens (primary N) is 2. The van der Waals surface area contributed by atoms with Gasteiger partial charge in [0.05, 0.1) is 6.54 Å². The van der Waals surface area contributed by atoms with Gasteiger partial charge in [0.2, 0.25) is 0 Å². The van der Waals surface area contributed by atoms with Crippen molar-refractivity contribution < 1.29 is 0 Å². The summed E-state index contributed by atoms with van der Waals surface area (Å²) in [6, 6.07) is 8.28. The predicted molar refractivity (Wildman–Crippen MR) is 78.8 cm³/mol. The van der Waals surface area contributed by atoms with Crippen molar-refractivity contribution in [2.24, 2.45) is 16.5 Å². The lowest BCUT2D eigenvalue weighted by Crippen LogP contribution is -2.22. The molecule has 5 heteroatoms. The number of aliphatic imine (C=N–C) groups is 1. The maximum atomic E-state index is 5.26. The Morgan fingerprint density at radius 3 is 2.06 bits per heavy atom. The first-order valence-electron chi connectivity index (χ1n) is 4.86. The zero-order valence-electron chi connectivity index (χ0n) is 9.68. The van der Waals surface area contributed by atoms with Crippen LogP contribution < -0.4 is 11.5 Å². The van der Waals surface area contributed by atoms with Crippen LogP contribution in [0.4, 0.5) is 0 Å². The molecule has 1 aromatic carbocycles. The first-order chi connectivity index (χ1) is 7.08. The van der Waals surface area contributed by atoms with Crippen LogP contribution in [0.1, 0.15) is 11.1 Å². The average molecular weight is 334 g/mol. The largest absolute Gasteiger partial charge is 0.370 e. The van der Waals surface area contributed by atoms with Crippen molar-refractivity contribution in [1.29, 1.82) is 0 Å². The molecule has 0 aromatic heterocycles. The average Bonchev–Trinajstić information content (AvgIpc) is 2.16. The van der Waals surface area contributed by atoms with Crippen LogP contribution in [-0.2, 0) is 13.1 Å². The van der Waals surface area contributed by atoms with Crippen LogP contribution >= 0.6 is 24.0 Å². The van der Waals surface area contributed by atoms with Crippen LogP contribution in [0.15, 0.2) is 29.3 Å². The Balaban J connectivity index is 0.00000225. The van der Waals surface area contributed by atoms with Gasteiger partial charge in [0.1, 0.15) is 0 Å².